The summed E-state index contributed by atoms with van der Waals surface area (Å²) in [5, 5.41) is 14.9. The first kappa shape index (κ1) is 15.1. The quantitative estimate of drug-likeness (QED) is 0.839. The van der Waals surface area contributed by atoms with E-state index in [2.05, 4.69) is 46.6 Å². The molecular formula is C15H28N2O. The van der Waals surface area contributed by atoms with Gasteiger partial charge in [-0.15, -0.1) is 0 Å². The van der Waals surface area contributed by atoms with Gasteiger partial charge < -0.3 is 5.11 Å². The van der Waals surface area contributed by atoms with E-state index < -0.39 is 0 Å². The third-order valence-corrected chi connectivity index (χ3v) is 2.86. The highest BCUT2D eigenvalue weighted by atomic mass is 16.3. The highest BCUT2D eigenvalue weighted by Gasteiger charge is 2.19. The fourth-order valence-electron chi connectivity index (χ4n) is 2.18. The molecule has 0 unspecified atom stereocenters. The van der Waals surface area contributed by atoms with Crippen LogP contribution in [0.25, 0.3) is 0 Å². The Bertz CT molecular complexity index is 378. The van der Waals surface area contributed by atoms with Crippen molar-refractivity contribution in [1.29, 1.82) is 0 Å². The molecule has 0 bridgehead atoms. The number of nitrogens with zero attached hydrogens (tertiary/aromatic N) is 2. The molecule has 0 saturated heterocycles. The van der Waals surface area contributed by atoms with Crippen molar-refractivity contribution < 1.29 is 5.11 Å². The normalized spacial score (nSPS) is 12.1. The first-order chi connectivity index (χ1) is 8.31. The average molecular weight is 252 g/mol. The van der Waals surface area contributed by atoms with Gasteiger partial charge in [0.2, 0.25) is 5.88 Å². The Morgan fingerprint density at radius 1 is 0.944 bits per heavy atom. The molecule has 0 spiro atoms. The van der Waals surface area contributed by atoms with Crippen LogP contribution in [0.4, 0.5) is 0 Å². The Morgan fingerprint density at radius 2 is 1.50 bits per heavy atom. The minimum Gasteiger partial charge on any atom is -0.493 e. The monoisotopic (exact) mass is 252 g/mol. The molecule has 0 radical (unpaired) electrons. The predicted octanol–water partition coefficient (Wildman–Crippen LogP) is 3.64. The zero-order valence-corrected chi connectivity index (χ0v) is 12.7. The molecule has 3 heteroatoms. The van der Waals surface area contributed by atoms with Crippen molar-refractivity contribution in [3.8, 4) is 5.88 Å². The molecule has 1 N–H and O–H groups in total. The molecule has 0 fully saturated rings. The van der Waals surface area contributed by atoms with Crippen LogP contribution < -0.4 is 0 Å². The van der Waals surface area contributed by atoms with Gasteiger partial charge in [0, 0.05) is 12.1 Å². The van der Waals surface area contributed by atoms with Gasteiger partial charge in [0.25, 0.3) is 0 Å². The van der Waals surface area contributed by atoms with E-state index in [1.807, 2.05) is 0 Å². The predicted molar refractivity (Wildman–Crippen MR) is 75.8 cm³/mol. The molecule has 1 heterocycles. The van der Waals surface area contributed by atoms with E-state index in [-0.39, 0.29) is 0 Å². The van der Waals surface area contributed by atoms with Crippen molar-refractivity contribution in [2.45, 2.75) is 60.9 Å². The molecule has 0 aliphatic heterocycles. The van der Waals surface area contributed by atoms with E-state index in [0.29, 0.717) is 23.6 Å². The van der Waals surface area contributed by atoms with Crippen LogP contribution in [-0.2, 0) is 19.4 Å². The van der Waals surface area contributed by atoms with E-state index in [1.165, 1.54) is 0 Å². The second kappa shape index (κ2) is 6.26. The Hall–Kier alpha value is -0.990. The Kier molecular flexibility index (Phi) is 5.24. The summed E-state index contributed by atoms with van der Waals surface area (Å²) >= 11 is 0. The second-order valence-corrected chi connectivity index (χ2v) is 6.52. The van der Waals surface area contributed by atoms with Crippen LogP contribution in [0.5, 0.6) is 5.88 Å². The van der Waals surface area contributed by atoms with Gasteiger partial charge in [-0.3, -0.25) is 0 Å². The van der Waals surface area contributed by atoms with Crippen LogP contribution in [0.3, 0.4) is 0 Å². The Balaban J connectivity index is 3.05. The lowest BCUT2D eigenvalue weighted by molar-refractivity contribution is 0.366. The maximum Gasteiger partial charge on any atom is 0.212 e. The molecule has 0 aliphatic rings. The van der Waals surface area contributed by atoms with Gasteiger partial charge in [-0.05, 0) is 30.6 Å². The summed E-state index contributed by atoms with van der Waals surface area (Å²) in [6.45, 7) is 13.8. The van der Waals surface area contributed by atoms with Crippen LogP contribution in [0.2, 0.25) is 0 Å². The molecule has 1 rings (SSSR count). The van der Waals surface area contributed by atoms with Crippen molar-refractivity contribution in [3.05, 3.63) is 11.3 Å². The average Bonchev–Trinajstić information content (AvgIpc) is 2.44. The van der Waals surface area contributed by atoms with Crippen LogP contribution >= 0.6 is 0 Å². The minimum atomic E-state index is 0.382. The molecule has 0 aromatic carbocycles. The van der Waals surface area contributed by atoms with Gasteiger partial charge in [-0.2, -0.15) is 5.10 Å². The van der Waals surface area contributed by atoms with Crippen molar-refractivity contribution in [3.63, 3.8) is 0 Å². The molecular weight excluding hydrogens is 224 g/mol. The summed E-state index contributed by atoms with van der Waals surface area (Å²) in [4.78, 5) is 0. The highest BCUT2D eigenvalue weighted by Crippen LogP contribution is 2.27. The SMILES string of the molecule is CC(C)Cc1nn(CC(C)C)c(O)c1CC(C)C. The molecule has 1 aromatic rings. The number of aromatic nitrogens is 2. The lowest BCUT2D eigenvalue weighted by Gasteiger charge is -2.08. The zero-order valence-electron chi connectivity index (χ0n) is 12.7. The molecule has 18 heavy (non-hydrogen) atoms. The van der Waals surface area contributed by atoms with Gasteiger partial charge in [0.15, 0.2) is 0 Å². The van der Waals surface area contributed by atoms with Gasteiger partial charge in [0.05, 0.1) is 5.69 Å². The fourth-order valence-corrected chi connectivity index (χ4v) is 2.18. The molecule has 0 amide bonds. The first-order valence-corrected chi connectivity index (χ1v) is 7.08. The standard InChI is InChI=1S/C15H28N2O/c1-10(2)7-13-14(8-11(3)4)16-17(15(13)18)9-12(5)6/h10-12,18H,7-9H2,1-6H3. The van der Waals surface area contributed by atoms with Gasteiger partial charge >= 0.3 is 0 Å². The maximum atomic E-state index is 10.3. The first-order valence-electron chi connectivity index (χ1n) is 7.08. The van der Waals surface area contributed by atoms with E-state index in [4.69, 9.17) is 0 Å². The molecule has 1 aromatic heterocycles. The molecule has 0 atom stereocenters. The topological polar surface area (TPSA) is 38.0 Å². The summed E-state index contributed by atoms with van der Waals surface area (Å²) in [6.07, 6.45) is 1.85. The van der Waals surface area contributed by atoms with Gasteiger partial charge in [0.1, 0.15) is 0 Å². The number of hydrogen-bond acceptors (Lipinski definition) is 2. The number of rotatable bonds is 6. The molecule has 0 aliphatic carbocycles. The Morgan fingerprint density at radius 3 is 1.94 bits per heavy atom. The summed E-state index contributed by atoms with van der Waals surface area (Å²) in [6, 6.07) is 0. The lowest BCUT2D eigenvalue weighted by Crippen LogP contribution is -2.06. The van der Waals surface area contributed by atoms with Crippen LogP contribution in [0.1, 0.15) is 52.8 Å². The van der Waals surface area contributed by atoms with Crippen molar-refractivity contribution >= 4 is 0 Å². The summed E-state index contributed by atoms with van der Waals surface area (Å²) in [5.74, 6) is 1.99. The highest BCUT2D eigenvalue weighted by molar-refractivity contribution is 5.31. The van der Waals surface area contributed by atoms with E-state index >= 15 is 0 Å². The van der Waals surface area contributed by atoms with Crippen LogP contribution in [0, 0.1) is 17.8 Å². The summed E-state index contributed by atoms with van der Waals surface area (Å²) < 4.78 is 1.78. The van der Waals surface area contributed by atoms with E-state index in [1.54, 1.807) is 4.68 Å². The third kappa shape index (κ3) is 4.04. The third-order valence-electron chi connectivity index (χ3n) is 2.86. The molecule has 0 saturated carbocycles. The molecule has 3 nitrogen and oxygen atoms in total. The van der Waals surface area contributed by atoms with Crippen LogP contribution in [0.15, 0.2) is 0 Å². The Labute approximate surface area is 111 Å². The number of hydrogen-bond donors (Lipinski definition) is 1. The minimum absolute atomic E-state index is 0.382. The lowest BCUT2D eigenvalue weighted by atomic mass is 9.98. The smallest absolute Gasteiger partial charge is 0.212 e. The van der Waals surface area contributed by atoms with Gasteiger partial charge in [-0.1, -0.05) is 41.5 Å². The second-order valence-electron chi connectivity index (χ2n) is 6.52. The maximum absolute atomic E-state index is 10.3. The fraction of sp³-hybridized carbons (Fsp3) is 0.800. The van der Waals surface area contributed by atoms with Gasteiger partial charge in [-0.25, -0.2) is 4.68 Å². The zero-order chi connectivity index (χ0) is 13.9. The van der Waals surface area contributed by atoms with E-state index in [9.17, 15) is 5.11 Å². The summed E-state index contributed by atoms with van der Waals surface area (Å²) in [5.41, 5.74) is 2.14. The van der Waals surface area contributed by atoms with Crippen molar-refractivity contribution in [1.82, 2.24) is 9.78 Å². The summed E-state index contributed by atoms with van der Waals surface area (Å²) in [7, 11) is 0. The molecule has 104 valence electrons. The number of aromatic hydroxyl groups is 1. The van der Waals surface area contributed by atoms with Crippen LogP contribution in [-0.4, -0.2) is 14.9 Å². The largest absolute Gasteiger partial charge is 0.493 e. The van der Waals surface area contributed by atoms with Crippen molar-refractivity contribution in [2.24, 2.45) is 17.8 Å². The van der Waals surface area contributed by atoms with E-state index in [0.717, 1.165) is 30.6 Å². The van der Waals surface area contributed by atoms with Crippen molar-refractivity contribution in [2.75, 3.05) is 0 Å².